The van der Waals surface area contributed by atoms with Crippen molar-refractivity contribution in [2.45, 2.75) is 25.4 Å². The summed E-state index contributed by atoms with van der Waals surface area (Å²) in [5.74, 6) is -0.927. The normalized spacial score (nSPS) is 22.4. The van der Waals surface area contributed by atoms with Crippen molar-refractivity contribution < 1.29 is 14.4 Å². The van der Waals surface area contributed by atoms with Gasteiger partial charge in [-0.2, -0.15) is 0 Å². The lowest BCUT2D eigenvalue weighted by molar-refractivity contribution is -0.136. The quantitative estimate of drug-likeness (QED) is 0.549. The lowest BCUT2D eigenvalue weighted by atomic mass is 10.0. The van der Waals surface area contributed by atoms with Gasteiger partial charge in [-0.1, -0.05) is 12.1 Å². The van der Waals surface area contributed by atoms with Crippen molar-refractivity contribution in [1.29, 1.82) is 0 Å². The number of amides is 3. The number of nitrogens with one attached hydrogen (secondary N) is 1. The van der Waals surface area contributed by atoms with E-state index in [2.05, 4.69) is 5.32 Å². The third kappa shape index (κ3) is 1.76. The lowest BCUT2D eigenvalue weighted by Crippen LogP contribution is -2.52. The molecular formula is C13H13N3O3. The highest BCUT2D eigenvalue weighted by atomic mass is 16.2. The summed E-state index contributed by atoms with van der Waals surface area (Å²) in [5.41, 5.74) is 7.54. The van der Waals surface area contributed by atoms with Gasteiger partial charge in [0.25, 0.3) is 5.91 Å². The Bertz CT molecular complexity index is 597. The molecule has 0 radical (unpaired) electrons. The molecule has 0 unspecified atom stereocenters. The number of anilines is 1. The van der Waals surface area contributed by atoms with Gasteiger partial charge in [0.2, 0.25) is 11.8 Å². The molecule has 3 amide bonds. The Labute approximate surface area is 109 Å². The fourth-order valence-electron chi connectivity index (χ4n) is 2.64. The van der Waals surface area contributed by atoms with Gasteiger partial charge in [0, 0.05) is 18.7 Å². The summed E-state index contributed by atoms with van der Waals surface area (Å²) in [7, 11) is 0. The highest BCUT2D eigenvalue weighted by molar-refractivity contribution is 6.07. The lowest BCUT2D eigenvalue weighted by Gasteiger charge is -2.29. The van der Waals surface area contributed by atoms with E-state index >= 15 is 0 Å². The molecule has 0 bridgehead atoms. The average molecular weight is 259 g/mol. The van der Waals surface area contributed by atoms with Crippen molar-refractivity contribution >= 4 is 23.4 Å². The third-order valence-electron chi connectivity index (χ3n) is 3.58. The van der Waals surface area contributed by atoms with Gasteiger partial charge in [0.1, 0.15) is 6.04 Å². The number of rotatable bonds is 1. The summed E-state index contributed by atoms with van der Waals surface area (Å²) in [5, 5.41) is 2.27. The maximum atomic E-state index is 12.3. The molecule has 6 nitrogen and oxygen atoms in total. The summed E-state index contributed by atoms with van der Waals surface area (Å²) >= 11 is 0. The van der Waals surface area contributed by atoms with Crippen molar-refractivity contribution in [3.63, 3.8) is 0 Å². The molecule has 1 aromatic carbocycles. The van der Waals surface area contributed by atoms with E-state index in [-0.39, 0.29) is 18.2 Å². The fourth-order valence-corrected chi connectivity index (χ4v) is 2.64. The van der Waals surface area contributed by atoms with E-state index in [1.54, 1.807) is 12.1 Å². The van der Waals surface area contributed by atoms with E-state index in [1.165, 1.54) is 4.90 Å². The van der Waals surface area contributed by atoms with Crippen molar-refractivity contribution in [2.24, 2.45) is 0 Å². The van der Waals surface area contributed by atoms with Crippen molar-refractivity contribution in [3.8, 4) is 0 Å². The average Bonchev–Trinajstić information content (AvgIpc) is 2.68. The van der Waals surface area contributed by atoms with Gasteiger partial charge in [-0.3, -0.25) is 19.7 Å². The van der Waals surface area contributed by atoms with Crippen LogP contribution in [-0.4, -0.2) is 28.7 Å². The van der Waals surface area contributed by atoms with Crippen molar-refractivity contribution in [2.75, 3.05) is 5.73 Å². The molecule has 3 N–H and O–H groups in total. The van der Waals surface area contributed by atoms with Crippen LogP contribution >= 0.6 is 0 Å². The number of hydrogen-bond donors (Lipinski definition) is 2. The number of carbonyl (C=O) groups is 3. The zero-order valence-corrected chi connectivity index (χ0v) is 10.2. The molecule has 2 aliphatic heterocycles. The first-order valence-corrected chi connectivity index (χ1v) is 6.10. The van der Waals surface area contributed by atoms with Crippen LogP contribution in [0.15, 0.2) is 18.2 Å². The standard InChI is InChI=1S/C13H13N3O3/c14-8-3-1-2-7-6-16(13(19)11(7)8)9-4-5-10(17)15-12(9)18/h1-3,9H,4-6,14H2,(H,15,17,18)/t9-/m0/s1. The predicted molar refractivity (Wildman–Crippen MR) is 66.9 cm³/mol. The second-order valence-electron chi connectivity index (χ2n) is 4.78. The number of benzene rings is 1. The van der Waals surface area contributed by atoms with Crippen molar-refractivity contribution in [3.05, 3.63) is 29.3 Å². The molecule has 1 saturated heterocycles. The molecular weight excluding hydrogens is 246 g/mol. The van der Waals surface area contributed by atoms with Gasteiger partial charge in [-0.15, -0.1) is 0 Å². The molecule has 0 aromatic heterocycles. The summed E-state index contributed by atoms with van der Waals surface area (Å²) in [6.45, 7) is 0.367. The molecule has 98 valence electrons. The van der Waals surface area contributed by atoms with Crippen LogP contribution in [0.25, 0.3) is 0 Å². The number of nitrogens with zero attached hydrogens (tertiary/aromatic N) is 1. The first kappa shape index (κ1) is 11.7. The molecule has 0 spiro atoms. The van der Waals surface area contributed by atoms with E-state index in [9.17, 15) is 14.4 Å². The summed E-state index contributed by atoms with van der Waals surface area (Å²) < 4.78 is 0. The highest BCUT2D eigenvalue weighted by Gasteiger charge is 2.39. The number of imide groups is 1. The van der Waals surface area contributed by atoms with Crippen LogP contribution in [0.5, 0.6) is 0 Å². The molecule has 2 aliphatic rings. The SMILES string of the molecule is Nc1cccc2c1C(=O)N([C@H]1CCC(=O)NC1=O)C2. The Hall–Kier alpha value is -2.37. The van der Waals surface area contributed by atoms with Gasteiger partial charge >= 0.3 is 0 Å². The molecule has 0 aliphatic carbocycles. The fraction of sp³-hybridized carbons (Fsp3) is 0.308. The van der Waals surface area contributed by atoms with Crippen LogP contribution in [0, 0.1) is 0 Å². The zero-order valence-electron chi connectivity index (χ0n) is 10.2. The Morgan fingerprint density at radius 3 is 2.74 bits per heavy atom. The maximum Gasteiger partial charge on any atom is 0.257 e. The minimum absolute atomic E-state index is 0.234. The molecule has 1 aromatic rings. The smallest absolute Gasteiger partial charge is 0.257 e. The van der Waals surface area contributed by atoms with Crippen LogP contribution in [0.3, 0.4) is 0 Å². The summed E-state index contributed by atoms with van der Waals surface area (Å²) in [6.07, 6.45) is 0.621. The maximum absolute atomic E-state index is 12.3. The van der Waals surface area contributed by atoms with Gasteiger partial charge in [0.15, 0.2) is 0 Å². The van der Waals surface area contributed by atoms with Crippen molar-refractivity contribution in [1.82, 2.24) is 10.2 Å². The zero-order chi connectivity index (χ0) is 13.6. The van der Waals surface area contributed by atoms with E-state index in [4.69, 9.17) is 5.73 Å². The Balaban J connectivity index is 1.90. The summed E-state index contributed by atoms with van der Waals surface area (Å²) in [6, 6.07) is 4.70. The van der Waals surface area contributed by atoms with Crippen LogP contribution in [0.1, 0.15) is 28.8 Å². The molecule has 19 heavy (non-hydrogen) atoms. The van der Waals surface area contributed by atoms with Crippen LogP contribution in [-0.2, 0) is 16.1 Å². The number of fused-ring (bicyclic) bond motifs is 1. The topological polar surface area (TPSA) is 92.5 Å². The Kier molecular flexibility index (Phi) is 2.51. The molecule has 0 saturated carbocycles. The molecule has 1 fully saturated rings. The minimum atomic E-state index is -0.586. The Morgan fingerprint density at radius 2 is 2.05 bits per heavy atom. The Morgan fingerprint density at radius 1 is 1.26 bits per heavy atom. The first-order chi connectivity index (χ1) is 9.08. The number of nitrogen functional groups attached to an aromatic ring is 1. The van der Waals surface area contributed by atoms with Crippen LogP contribution in [0.2, 0.25) is 0 Å². The summed E-state index contributed by atoms with van der Waals surface area (Å²) in [4.78, 5) is 36.8. The molecule has 2 heterocycles. The number of carbonyl (C=O) groups excluding carboxylic acids is 3. The monoisotopic (exact) mass is 259 g/mol. The number of nitrogens with two attached hydrogens (primary N) is 1. The van der Waals surface area contributed by atoms with Gasteiger partial charge < -0.3 is 10.6 Å². The third-order valence-corrected chi connectivity index (χ3v) is 3.58. The second-order valence-corrected chi connectivity index (χ2v) is 4.78. The highest BCUT2D eigenvalue weighted by Crippen LogP contribution is 2.30. The van der Waals surface area contributed by atoms with Crippen LogP contribution < -0.4 is 11.1 Å². The molecule has 1 atom stereocenters. The first-order valence-electron chi connectivity index (χ1n) is 6.10. The largest absolute Gasteiger partial charge is 0.398 e. The molecule has 3 rings (SSSR count). The van der Waals surface area contributed by atoms with Gasteiger partial charge in [0.05, 0.1) is 5.56 Å². The van der Waals surface area contributed by atoms with Gasteiger partial charge in [-0.25, -0.2) is 0 Å². The predicted octanol–water partition coefficient (Wildman–Crippen LogP) is 0.0298. The van der Waals surface area contributed by atoms with E-state index in [0.717, 1.165) is 5.56 Å². The second kappa shape index (κ2) is 4.08. The molecule has 6 heteroatoms. The van der Waals surface area contributed by atoms with E-state index in [1.807, 2.05) is 6.07 Å². The van der Waals surface area contributed by atoms with Gasteiger partial charge in [-0.05, 0) is 18.1 Å². The number of hydrogen-bond acceptors (Lipinski definition) is 4. The van der Waals surface area contributed by atoms with Crippen LogP contribution in [0.4, 0.5) is 5.69 Å². The minimum Gasteiger partial charge on any atom is -0.398 e. The van der Waals surface area contributed by atoms with E-state index in [0.29, 0.717) is 24.2 Å². The van der Waals surface area contributed by atoms with E-state index < -0.39 is 11.9 Å². The number of piperidine rings is 1.